The normalized spacial score (nSPS) is 12.9. The summed E-state index contributed by atoms with van der Waals surface area (Å²) in [5.41, 5.74) is 8.40. The third-order valence-corrected chi connectivity index (χ3v) is 7.27. The van der Waals surface area contributed by atoms with Crippen LogP contribution >= 0.6 is 23.2 Å². The van der Waals surface area contributed by atoms with Crippen molar-refractivity contribution in [2.45, 2.75) is 25.4 Å². The first-order valence-electron chi connectivity index (χ1n) is 13.4. The second kappa shape index (κ2) is 13.6. The van der Waals surface area contributed by atoms with Crippen LogP contribution < -0.4 is 5.73 Å². The van der Waals surface area contributed by atoms with Gasteiger partial charge in [0, 0.05) is 66.0 Å². The lowest BCUT2D eigenvalue weighted by atomic mass is 10.1. The van der Waals surface area contributed by atoms with Crippen molar-refractivity contribution < 1.29 is 35.9 Å². The van der Waals surface area contributed by atoms with Gasteiger partial charge in [-0.1, -0.05) is 35.3 Å². The SMILES string of the molecule is NCc1cc(-c2cnc(C(F)(F)F)nc2)c(Cl)cn1.O=C1c2ccccc2C(=O)N1Cc1cc(-c2cnc(C(F)(F)F)nc2)c(Cl)cn1. The zero-order valence-corrected chi connectivity index (χ0v) is 25.4. The molecular formula is C30H18Cl2F6N8O2. The molecule has 4 aromatic heterocycles. The number of amides is 2. The van der Waals surface area contributed by atoms with Gasteiger partial charge in [0.05, 0.1) is 39.1 Å². The molecule has 0 bridgehead atoms. The average molecular weight is 707 g/mol. The summed E-state index contributed by atoms with van der Waals surface area (Å²) in [4.78, 5) is 47.3. The van der Waals surface area contributed by atoms with Gasteiger partial charge in [0.25, 0.3) is 11.8 Å². The summed E-state index contributed by atoms with van der Waals surface area (Å²) >= 11 is 12.1. The van der Waals surface area contributed by atoms with E-state index in [0.717, 1.165) is 29.7 Å². The minimum Gasteiger partial charge on any atom is -0.325 e. The molecule has 0 radical (unpaired) electrons. The van der Waals surface area contributed by atoms with E-state index in [9.17, 15) is 35.9 Å². The van der Waals surface area contributed by atoms with Crippen molar-refractivity contribution in [3.63, 3.8) is 0 Å². The van der Waals surface area contributed by atoms with E-state index in [4.69, 9.17) is 28.9 Å². The van der Waals surface area contributed by atoms with Crippen LogP contribution in [0.15, 0.2) is 73.6 Å². The van der Waals surface area contributed by atoms with E-state index in [2.05, 4.69) is 29.9 Å². The molecule has 48 heavy (non-hydrogen) atoms. The minimum atomic E-state index is -4.66. The summed E-state index contributed by atoms with van der Waals surface area (Å²) in [5, 5.41) is 0.458. The average Bonchev–Trinajstić information content (AvgIpc) is 3.30. The van der Waals surface area contributed by atoms with Crippen molar-refractivity contribution in [1.29, 1.82) is 0 Å². The van der Waals surface area contributed by atoms with Crippen LogP contribution in [0.5, 0.6) is 0 Å². The molecule has 2 amide bonds. The number of carbonyl (C=O) groups is 2. The van der Waals surface area contributed by atoms with Gasteiger partial charge in [0.2, 0.25) is 11.6 Å². The molecule has 246 valence electrons. The van der Waals surface area contributed by atoms with E-state index in [1.807, 2.05) is 0 Å². The predicted octanol–water partition coefficient (Wildman–Crippen LogP) is 6.68. The Hall–Kier alpha value is -5.06. The molecule has 0 fully saturated rings. The first-order chi connectivity index (χ1) is 22.7. The Bertz CT molecular complexity index is 1960. The number of alkyl halides is 6. The quantitative estimate of drug-likeness (QED) is 0.157. The standard InChI is InChI=1S/C19H10ClF3N4O2.C11H8ClF3N4/c20-15-8-24-11(5-14(15)10-6-25-18(26-7-10)19(21,22)23)9-27-16(28)12-3-1-2-4-13(12)17(27)29;12-9-5-17-7(2-16)1-8(9)6-3-18-10(19-4-6)11(13,14)15/h1-8H,9H2;1,3-5H,2,16H2. The lowest BCUT2D eigenvalue weighted by molar-refractivity contribution is -0.145. The lowest BCUT2D eigenvalue weighted by Crippen LogP contribution is -2.29. The number of rotatable bonds is 5. The van der Waals surface area contributed by atoms with E-state index >= 15 is 0 Å². The van der Waals surface area contributed by atoms with Crippen LogP contribution in [-0.4, -0.2) is 46.6 Å². The fraction of sp³-hybridized carbons (Fsp3) is 0.133. The Morgan fingerprint density at radius 1 is 0.604 bits per heavy atom. The fourth-order valence-corrected chi connectivity index (χ4v) is 4.80. The van der Waals surface area contributed by atoms with Gasteiger partial charge in [-0.25, -0.2) is 19.9 Å². The molecule has 5 aromatic rings. The molecule has 6 rings (SSSR count). The van der Waals surface area contributed by atoms with Crippen molar-refractivity contribution in [3.8, 4) is 22.3 Å². The van der Waals surface area contributed by atoms with Gasteiger partial charge >= 0.3 is 12.4 Å². The summed E-state index contributed by atoms with van der Waals surface area (Å²) in [6, 6.07) is 9.53. The highest BCUT2D eigenvalue weighted by molar-refractivity contribution is 6.33. The molecule has 0 saturated carbocycles. The molecule has 0 aliphatic carbocycles. The molecule has 5 heterocycles. The van der Waals surface area contributed by atoms with E-state index in [-0.39, 0.29) is 23.7 Å². The molecule has 18 heteroatoms. The predicted molar refractivity (Wildman–Crippen MR) is 159 cm³/mol. The highest BCUT2D eigenvalue weighted by atomic mass is 35.5. The van der Waals surface area contributed by atoms with Gasteiger partial charge in [0.1, 0.15) is 0 Å². The molecule has 0 atom stereocenters. The summed E-state index contributed by atoms with van der Waals surface area (Å²) in [6.45, 7) is 0.0870. The topological polar surface area (TPSA) is 141 Å². The van der Waals surface area contributed by atoms with Crippen LogP contribution in [0.2, 0.25) is 10.0 Å². The highest BCUT2D eigenvalue weighted by Gasteiger charge is 2.36. The molecule has 1 aromatic carbocycles. The number of hydrogen-bond acceptors (Lipinski definition) is 9. The molecule has 1 aliphatic rings. The molecule has 10 nitrogen and oxygen atoms in total. The van der Waals surface area contributed by atoms with Crippen molar-refractivity contribution in [2.24, 2.45) is 5.73 Å². The smallest absolute Gasteiger partial charge is 0.325 e. The first-order valence-corrected chi connectivity index (χ1v) is 14.2. The Morgan fingerprint density at radius 3 is 1.40 bits per heavy atom. The number of aromatic nitrogens is 6. The number of halogens is 8. The van der Waals surface area contributed by atoms with E-state index in [1.54, 1.807) is 30.3 Å². The summed E-state index contributed by atoms with van der Waals surface area (Å²) in [7, 11) is 0. The van der Waals surface area contributed by atoms with Crippen LogP contribution in [0.4, 0.5) is 26.3 Å². The highest BCUT2D eigenvalue weighted by Crippen LogP contribution is 2.32. The number of nitrogens with zero attached hydrogens (tertiary/aromatic N) is 7. The van der Waals surface area contributed by atoms with Crippen LogP contribution in [0.3, 0.4) is 0 Å². The first kappa shape index (κ1) is 34.3. The van der Waals surface area contributed by atoms with E-state index in [0.29, 0.717) is 44.2 Å². The minimum absolute atomic E-state index is 0.113. The Balaban J connectivity index is 0.000000206. The molecular weight excluding hydrogens is 689 g/mol. The van der Waals surface area contributed by atoms with Crippen molar-refractivity contribution >= 4 is 35.0 Å². The Kier molecular flexibility index (Phi) is 9.70. The van der Waals surface area contributed by atoms with Crippen LogP contribution in [0, 0.1) is 0 Å². The molecule has 0 spiro atoms. The van der Waals surface area contributed by atoms with Gasteiger partial charge in [-0.05, 0) is 24.3 Å². The van der Waals surface area contributed by atoms with Gasteiger partial charge in [-0.15, -0.1) is 0 Å². The van der Waals surface area contributed by atoms with Gasteiger partial charge in [-0.3, -0.25) is 24.5 Å². The van der Waals surface area contributed by atoms with Gasteiger partial charge in [0.15, 0.2) is 0 Å². The van der Waals surface area contributed by atoms with Gasteiger partial charge in [-0.2, -0.15) is 26.3 Å². The van der Waals surface area contributed by atoms with E-state index in [1.165, 1.54) is 18.5 Å². The maximum Gasteiger partial charge on any atom is 0.451 e. The van der Waals surface area contributed by atoms with Gasteiger partial charge < -0.3 is 5.73 Å². The maximum absolute atomic E-state index is 12.6. The van der Waals surface area contributed by atoms with Crippen LogP contribution in [0.1, 0.15) is 43.8 Å². The Labute approximate surface area is 276 Å². The maximum atomic E-state index is 12.6. The van der Waals surface area contributed by atoms with Crippen molar-refractivity contribution in [1.82, 2.24) is 34.8 Å². The number of benzene rings is 1. The fourth-order valence-electron chi connectivity index (χ4n) is 4.38. The monoisotopic (exact) mass is 706 g/mol. The van der Waals surface area contributed by atoms with E-state index < -0.39 is 35.8 Å². The number of nitrogens with two attached hydrogens (primary N) is 1. The zero-order valence-electron chi connectivity index (χ0n) is 23.9. The number of pyridine rings is 2. The van der Waals surface area contributed by atoms with Crippen molar-refractivity contribution in [2.75, 3.05) is 0 Å². The number of imide groups is 1. The lowest BCUT2D eigenvalue weighted by Gasteiger charge is -2.14. The molecule has 1 aliphatic heterocycles. The second-order valence-corrected chi connectivity index (χ2v) is 10.7. The number of fused-ring (bicyclic) bond motifs is 1. The summed E-state index contributed by atoms with van der Waals surface area (Å²) in [5.74, 6) is -3.35. The van der Waals surface area contributed by atoms with Crippen LogP contribution in [0.25, 0.3) is 22.3 Å². The number of carbonyl (C=O) groups excluding carboxylic acids is 2. The summed E-state index contributed by atoms with van der Waals surface area (Å²) < 4.78 is 75.0. The third-order valence-electron chi connectivity index (χ3n) is 6.66. The zero-order chi connectivity index (χ0) is 34.8. The second-order valence-electron chi connectivity index (χ2n) is 9.84. The summed E-state index contributed by atoms with van der Waals surface area (Å²) in [6.07, 6.45) is -2.40. The Morgan fingerprint density at radius 2 is 1.00 bits per heavy atom. The van der Waals surface area contributed by atoms with Crippen LogP contribution in [-0.2, 0) is 25.4 Å². The van der Waals surface area contributed by atoms with Crippen molar-refractivity contribution in [3.05, 3.63) is 118 Å². The molecule has 0 saturated heterocycles. The molecule has 2 N–H and O–H groups in total. The largest absolute Gasteiger partial charge is 0.451 e. The third kappa shape index (κ3) is 7.40. The molecule has 0 unspecified atom stereocenters. The number of hydrogen-bond donors (Lipinski definition) is 1.